The van der Waals surface area contributed by atoms with E-state index in [0.29, 0.717) is 0 Å². The molecule has 0 N–H and O–H groups in total. The fourth-order valence-electron chi connectivity index (χ4n) is 7.86. The van der Waals surface area contributed by atoms with Gasteiger partial charge in [-0.3, -0.25) is 0 Å². The van der Waals surface area contributed by atoms with Gasteiger partial charge >= 0.3 is 0 Å². The quantitative estimate of drug-likeness (QED) is 0.195. The molecule has 11 rings (SSSR count). The van der Waals surface area contributed by atoms with Crippen molar-refractivity contribution < 1.29 is 0 Å². The van der Waals surface area contributed by atoms with Crippen LogP contribution < -0.4 is 0 Å². The lowest BCUT2D eigenvalue weighted by Crippen LogP contribution is -1.93. The van der Waals surface area contributed by atoms with E-state index in [9.17, 15) is 0 Å². The summed E-state index contributed by atoms with van der Waals surface area (Å²) in [5.74, 6) is 0.766. The van der Waals surface area contributed by atoms with Crippen LogP contribution in [0.25, 0.3) is 103 Å². The van der Waals surface area contributed by atoms with E-state index < -0.39 is 0 Å². The normalized spacial score (nSPS) is 12.2. The van der Waals surface area contributed by atoms with Gasteiger partial charge in [-0.15, -0.1) is 11.3 Å². The minimum absolute atomic E-state index is 0.766. The summed E-state index contributed by atoms with van der Waals surface area (Å²) in [6, 6.07) is 54.7. The number of hydrogen-bond donors (Lipinski definition) is 0. The molecule has 3 heterocycles. The average Bonchev–Trinajstić information content (AvgIpc) is 3.80. The van der Waals surface area contributed by atoms with Crippen LogP contribution in [0.4, 0.5) is 0 Å². The Hall–Kier alpha value is -6.10. The molecule has 0 bridgehead atoms. The number of thiophene rings is 1. The van der Waals surface area contributed by atoms with Crippen LogP contribution >= 0.6 is 11.3 Å². The number of nitrogens with zero attached hydrogens (tertiary/aromatic N) is 3. The molecule has 7 aromatic carbocycles. The average molecular weight is 628 g/mol. The molecule has 0 aliphatic heterocycles. The molecule has 222 valence electrons. The molecule has 0 unspecified atom stereocenters. The van der Waals surface area contributed by atoms with Crippen LogP contribution in [0.15, 0.2) is 152 Å². The molecule has 48 heavy (non-hydrogen) atoms. The summed E-state index contributed by atoms with van der Waals surface area (Å²) in [6.07, 6.45) is 0. The summed E-state index contributed by atoms with van der Waals surface area (Å²) in [5, 5.41) is 6.19. The second-order valence-electron chi connectivity index (χ2n) is 12.6. The molecule has 0 amide bonds. The summed E-state index contributed by atoms with van der Waals surface area (Å²) < 4.78 is 4.93. The van der Waals surface area contributed by atoms with Crippen LogP contribution in [0.1, 0.15) is 0 Å². The summed E-state index contributed by atoms with van der Waals surface area (Å²) in [4.78, 5) is 10.3. The molecule has 1 aliphatic carbocycles. The predicted octanol–water partition coefficient (Wildman–Crippen LogP) is 12.1. The van der Waals surface area contributed by atoms with Crippen LogP contribution in [0, 0.1) is 0 Å². The highest BCUT2D eigenvalue weighted by molar-refractivity contribution is 7.25. The van der Waals surface area contributed by atoms with Gasteiger partial charge in [0.25, 0.3) is 0 Å². The van der Waals surface area contributed by atoms with Gasteiger partial charge in [-0.05, 0) is 82.9 Å². The smallest absolute Gasteiger partial charge is 0.160 e. The number of fused-ring (bicyclic) bond motifs is 9. The van der Waals surface area contributed by atoms with Crippen molar-refractivity contribution in [3.63, 3.8) is 0 Å². The van der Waals surface area contributed by atoms with Gasteiger partial charge in [0.2, 0.25) is 0 Å². The lowest BCUT2D eigenvalue weighted by atomic mass is 9.97. The van der Waals surface area contributed by atoms with Gasteiger partial charge in [0.1, 0.15) is 0 Å². The van der Waals surface area contributed by atoms with Crippen molar-refractivity contribution in [2.45, 2.75) is 0 Å². The van der Waals surface area contributed by atoms with Crippen LogP contribution in [0.3, 0.4) is 0 Å². The molecule has 0 radical (unpaired) electrons. The number of hydrogen-bond acceptors (Lipinski definition) is 3. The number of para-hydroxylation sites is 2. The molecular formula is C44H25N3S. The van der Waals surface area contributed by atoms with Crippen molar-refractivity contribution in [3.05, 3.63) is 152 Å². The van der Waals surface area contributed by atoms with Gasteiger partial charge in [0.05, 0.1) is 22.2 Å². The lowest BCUT2D eigenvalue weighted by Gasteiger charge is -2.09. The first-order valence-corrected chi connectivity index (χ1v) is 17.1. The van der Waals surface area contributed by atoms with Crippen LogP contribution in [-0.4, -0.2) is 14.5 Å². The van der Waals surface area contributed by atoms with Gasteiger partial charge in [0, 0.05) is 53.1 Å². The summed E-state index contributed by atoms with van der Waals surface area (Å²) in [5.41, 5.74) is 12.7. The Balaban J connectivity index is 1.11. The fraction of sp³-hybridized carbons (Fsp3) is 0. The fourth-order valence-corrected chi connectivity index (χ4v) is 8.92. The highest BCUT2D eigenvalue weighted by atomic mass is 32.1. The molecule has 0 fully saturated rings. The van der Waals surface area contributed by atoms with E-state index >= 15 is 0 Å². The second-order valence-corrected chi connectivity index (χ2v) is 13.6. The Kier molecular flexibility index (Phi) is 5.26. The zero-order chi connectivity index (χ0) is 31.3. The molecular weight excluding hydrogens is 603 g/mol. The Labute approximate surface area is 280 Å². The molecule has 0 spiro atoms. The summed E-state index contributed by atoms with van der Waals surface area (Å²) in [7, 11) is 0. The maximum absolute atomic E-state index is 5.20. The molecule has 0 atom stereocenters. The third-order valence-corrected chi connectivity index (χ3v) is 11.1. The van der Waals surface area contributed by atoms with Crippen molar-refractivity contribution in [1.82, 2.24) is 14.5 Å². The number of aromatic nitrogens is 3. The van der Waals surface area contributed by atoms with Crippen molar-refractivity contribution in [1.29, 1.82) is 0 Å². The standard InChI is InChI=1S/C44H25N3S/c1-2-10-28(11-3-1)47-37-18-7-6-14-33(37)41-29(15-9-19-38(41)47)26-20-22-39-34(24-26)35-25-27(21-23-40(35)48-39)44-45-36-17-8-16-31-30-12-4-5-13-32(30)43(46-44)42(31)36/h1-25H. The van der Waals surface area contributed by atoms with Gasteiger partial charge in [-0.2, -0.15) is 0 Å². The van der Waals surface area contributed by atoms with E-state index in [0.717, 1.165) is 28.0 Å². The Morgan fingerprint density at radius 2 is 1.10 bits per heavy atom. The van der Waals surface area contributed by atoms with Gasteiger partial charge in [-0.25, -0.2) is 9.97 Å². The van der Waals surface area contributed by atoms with E-state index in [4.69, 9.17) is 9.97 Å². The third-order valence-electron chi connectivity index (χ3n) is 9.95. The summed E-state index contributed by atoms with van der Waals surface area (Å²) >= 11 is 1.84. The SMILES string of the molecule is c1ccc(-n2c3ccccc3c3c(-c4ccc5sc6ccc(-c7nc8c9c(cccc9n7)-c7ccccc7-8)cc6c5c4)cccc32)cc1. The first-order chi connectivity index (χ1) is 23.8. The Morgan fingerprint density at radius 1 is 0.438 bits per heavy atom. The highest BCUT2D eigenvalue weighted by Crippen LogP contribution is 2.47. The van der Waals surface area contributed by atoms with Crippen molar-refractivity contribution in [2.24, 2.45) is 0 Å². The molecule has 3 nitrogen and oxygen atoms in total. The van der Waals surface area contributed by atoms with Gasteiger partial charge < -0.3 is 4.57 Å². The molecule has 4 heteroatoms. The van der Waals surface area contributed by atoms with Crippen LogP contribution in [0.5, 0.6) is 0 Å². The molecule has 1 aliphatic rings. The van der Waals surface area contributed by atoms with Crippen molar-refractivity contribution >= 4 is 64.2 Å². The van der Waals surface area contributed by atoms with Gasteiger partial charge in [-0.1, -0.05) is 91.0 Å². The van der Waals surface area contributed by atoms with E-state index in [1.165, 1.54) is 75.5 Å². The Morgan fingerprint density at radius 3 is 1.98 bits per heavy atom. The maximum atomic E-state index is 5.20. The monoisotopic (exact) mass is 627 g/mol. The van der Waals surface area contributed by atoms with E-state index in [1.807, 2.05) is 11.3 Å². The topological polar surface area (TPSA) is 30.7 Å². The minimum Gasteiger partial charge on any atom is -0.309 e. The largest absolute Gasteiger partial charge is 0.309 e. The van der Waals surface area contributed by atoms with Crippen LogP contribution in [-0.2, 0) is 0 Å². The van der Waals surface area contributed by atoms with Gasteiger partial charge in [0.15, 0.2) is 5.82 Å². The molecule has 3 aromatic heterocycles. The van der Waals surface area contributed by atoms with E-state index in [-0.39, 0.29) is 0 Å². The molecule has 0 saturated carbocycles. The number of benzene rings is 7. The second kappa shape index (κ2) is 9.71. The first kappa shape index (κ1) is 26.0. The van der Waals surface area contributed by atoms with Crippen molar-refractivity contribution in [3.8, 4) is 50.6 Å². The predicted molar refractivity (Wildman–Crippen MR) is 202 cm³/mol. The lowest BCUT2D eigenvalue weighted by molar-refractivity contribution is 1.18. The molecule has 0 saturated heterocycles. The molecule has 10 aromatic rings. The van der Waals surface area contributed by atoms with Crippen LogP contribution in [0.2, 0.25) is 0 Å². The zero-order valence-corrected chi connectivity index (χ0v) is 26.5. The maximum Gasteiger partial charge on any atom is 0.160 e. The summed E-state index contributed by atoms with van der Waals surface area (Å²) in [6.45, 7) is 0. The third kappa shape index (κ3) is 3.58. The first-order valence-electron chi connectivity index (χ1n) is 16.3. The van der Waals surface area contributed by atoms with E-state index in [1.54, 1.807) is 0 Å². The highest BCUT2D eigenvalue weighted by Gasteiger charge is 2.24. The zero-order valence-electron chi connectivity index (χ0n) is 25.7. The minimum atomic E-state index is 0.766. The Bertz CT molecular complexity index is 2950. The number of rotatable bonds is 3. The van der Waals surface area contributed by atoms with Crippen molar-refractivity contribution in [2.75, 3.05) is 0 Å². The van der Waals surface area contributed by atoms with E-state index in [2.05, 4.69) is 156 Å².